The van der Waals surface area contributed by atoms with Gasteiger partial charge < -0.3 is 15.4 Å². The summed E-state index contributed by atoms with van der Waals surface area (Å²) in [7, 11) is 0. The molecule has 4 rings (SSSR count). The fourth-order valence-electron chi connectivity index (χ4n) is 5.14. The van der Waals surface area contributed by atoms with Gasteiger partial charge in [-0.3, -0.25) is 9.59 Å². The van der Waals surface area contributed by atoms with Crippen LogP contribution in [-0.4, -0.2) is 36.5 Å². The van der Waals surface area contributed by atoms with E-state index < -0.39 is 24.1 Å². The summed E-state index contributed by atoms with van der Waals surface area (Å²) in [6.45, 7) is 9.77. The van der Waals surface area contributed by atoms with Gasteiger partial charge in [0.1, 0.15) is 12.6 Å². The quantitative estimate of drug-likeness (QED) is 0.305. The fraction of sp³-hybridized carbons (Fsp3) is 0.364. The molecule has 1 aliphatic carbocycles. The van der Waals surface area contributed by atoms with Gasteiger partial charge in [-0.15, -0.1) is 0 Å². The number of alkyl carbamates (subject to hydrolysis) is 1. The highest BCUT2D eigenvalue weighted by Gasteiger charge is 2.33. The molecule has 0 spiro atoms. The fourth-order valence-corrected chi connectivity index (χ4v) is 5.14. The van der Waals surface area contributed by atoms with E-state index in [2.05, 4.69) is 34.9 Å². The lowest BCUT2D eigenvalue weighted by Crippen LogP contribution is -2.55. The van der Waals surface area contributed by atoms with E-state index in [0.29, 0.717) is 12.0 Å². The van der Waals surface area contributed by atoms with Crippen LogP contribution in [0.3, 0.4) is 0 Å². The van der Waals surface area contributed by atoms with Crippen LogP contribution in [0.2, 0.25) is 0 Å². The number of Topliss-reactive ketones (excluding diaryl/α,β-unsaturated/α-hetero) is 1. The number of ether oxygens (including phenoxy) is 1. The normalized spacial score (nSPS) is 14.6. The number of amides is 2. The molecule has 0 bridgehead atoms. The maximum atomic E-state index is 13.4. The highest BCUT2D eigenvalue weighted by molar-refractivity contribution is 6.02. The minimum atomic E-state index is -0.849. The number of aryl methyl sites for hydroxylation is 1. The standard InChI is InChI=1S/C33H38N2O4/c1-6-22(5)30(31(36)23-17-15-21(4)16-18-23)34-32(37)29(20(2)3)35-33(38)39-19-28-26-13-9-7-11-24(26)25-12-8-10-14-27(25)28/h7-18,20,22,28-30H,6,19H2,1-5H3,(H,34,37)(H,35,38)/t22?,29-,30-/m0/s1. The zero-order valence-corrected chi connectivity index (χ0v) is 23.4. The molecule has 0 heterocycles. The molecule has 3 aromatic rings. The maximum Gasteiger partial charge on any atom is 0.407 e. The van der Waals surface area contributed by atoms with Gasteiger partial charge in [0.15, 0.2) is 5.78 Å². The van der Waals surface area contributed by atoms with Gasteiger partial charge in [-0.25, -0.2) is 4.79 Å². The Morgan fingerprint density at radius 3 is 1.90 bits per heavy atom. The summed E-state index contributed by atoms with van der Waals surface area (Å²) in [5.41, 5.74) is 6.15. The summed E-state index contributed by atoms with van der Waals surface area (Å²) in [6.07, 6.45) is 0.0602. The third kappa shape index (κ3) is 6.22. The van der Waals surface area contributed by atoms with Crippen molar-refractivity contribution in [1.82, 2.24) is 10.6 Å². The van der Waals surface area contributed by atoms with Crippen LogP contribution in [-0.2, 0) is 9.53 Å². The number of hydrogen-bond donors (Lipinski definition) is 2. The van der Waals surface area contributed by atoms with E-state index in [1.165, 1.54) is 0 Å². The molecule has 6 nitrogen and oxygen atoms in total. The van der Waals surface area contributed by atoms with Crippen LogP contribution in [0.25, 0.3) is 11.1 Å². The van der Waals surface area contributed by atoms with Gasteiger partial charge in [0.25, 0.3) is 0 Å². The lowest BCUT2D eigenvalue weighted by molar-refractivity contribution is -0.124. The van der Waals surface area contributed by atoms with Crippen molar-refractivity contribution in [1.29, 1.82) is 0 Å². The number of benzene rings is 3. The molecule has 2 N–H and O–H groups in total. The molecule has 0 aliphatic heterocycles. The van der Waals surface area contributed by atoms with Gasteiger partial charge in [0, 0.05) is 11.5 Å². The van der Waals surface area contributed by atoms with Crippen LogP contribution in [0.1, 0.15) is 67.1 Å². The molecule has 0 fully saturated rings. The second kappa shape index (κ2) is 12.3. The zero-order valence-electron chi connectivity index (χ0n) is 23.4. The number of carbonyl (C=O) groups excluding carboxylic acids is 3. The minimum absolute atomic E-state index is 0.0728. The van der Waals surface area contributed by atoms with Crippen LogP contribution in [0.15, 0.2) is 72.8 Å². The Morgan fingerprint density at radius 2 is 1.36 bits per heavy atom. The largest absolute Gasteiger partial charge is 0.449 e. The zero-order chi connectivity index (χ0) is 28.1. The maximum absolute atomic E-state index is 13.4. The first-order valence-electron chi connectivity index (χ1n) is 13.7. The van der Waals surface area contributed by atoms with E-state index in [9.17, 15) is 14.4 Å². The van der Waals surface area contributed by atoms with Gasteiger partial charge in [0.2, 0.25) is 5.91 Å². The Morgan fingerprint density at radius 1 is 0.795 bits per heavy atom. The van der Waals surface area contributed by atoms with Crippen molar-refractivity contribution in [3.05, 3.63) is 95.1 Å². The molecule has 39 heavy (non-hydrogen) atoms. The van der Waals surface area contributed by atoms with Gasteiger partial charge in [-0.1, -0.05) is 112 Å². The predicted octanol–water partition coefficient (Wildman–Crippen LogP) is 6.27. The number of hydrogen-bond acceptors (Lipinski definition) is 4. The molecule has 2 amide bonds. The van der Waals surface area contributed by atoms with Crippen molar-refractivity contribution in [2.75, 3.05) is 6.61 Å². The minimum Gasteiger partial charge on any atom is -0.449 e. The monoisotopic (exact) mass is 526 g/mol. The second-order valence-electron chi connectivity index (χ2n) is 10.8. The van der Waals surface area contributed by atoms with E-state index in [1.807, 2.05) is 71.0 Å². The third-order valence-corrected chi connectivity index (χ3v) is 7.70. The SMILES string of the molecule is CCC(C)[C@H](NC(=O)[C@@H](NC(=O)OCC1c2ccccc2-c2ccccc21)C(C)C)C(=O)c1ccc(C)cc1. The van der Waals surface area contributed by atoms with Gasteiger partial charge in [-0.05, 0) is 41.0 Å². The van der Waals surface area contributed by atoms with Crippen LogP contribution in [0, 0.1) is 18.8 Å². The lowest BCUT2D eigenvalue weighted by Gasteiger charge is -2.28. The molecule has 204 valence electrons. The van der Waals surface area contributed by atoms with Crippen molar-refractivity contribution in [3.8, 4) is 11.1 Å². The summed E-state index contributed by atoms with van der Waals surface area (Å²) in [4.78, 5) is 39.7. The molecule has 3 aromatic carbocycles. The summed E-state index contributed by atoms with van der Waals surface area (Å²) in [6, 6.07) is 22.1. The van der Waals surface area contributed by atoms with E-state index in [4.69, 9.17) is 4.74 Å². The highest BCUT2D eigenvalue weighted by Crippen LogP contribution is 2.44. The Labute approximate surface area is 231 Å². The summed E-state index contributed by atoms with van der Waals surface area (Å²) >= 11 is 0. The topological polar surface area (TPSA) is 84.5 Å². The number of ketones is 1. The molecular weight excluding hydrogens is 488 g/mol. The van der Waals surface area contributed by atoms with E-state index in [0.717, 1.165) is 27.8 Å². The van der Waals surface area contributed by atoms with Crippen LogP contribution in [0.5, 0.6) is 0 Å². The van der Waals surface area contributed by atoms with Gasteiger partial charge >= 0.3 is 6.09 Å². The van der Waals surface area contributed by atoms with E-state index in [1.54, 1.807) is 12.1 Å². The second-order valence-corrected chi connectivity index (χ2v) is 10.8. The first kappa shape index (κ1) is 28.1. The van der Waals surface area contributed by atoms with Crippen LogP contribution in [0.4, 0.5) is 4.79 Å². The molecule has 1 unspecified atom stereocenters. The van der Waals surface area contributed by atoms with Crippen molar-refractivity contribution >= 4 is 17.8 Å². The molecule has 0 saturated heterocycles. The van der Waals surface area contributed by atoms with Crippen molar-refractivity contribution in [2.24, 2.45) is 11.8 Å². The number of carbonyl (C=O) groups is 3. The predicted molar refractivity (Wildman–Crippen MR) is 154 cm³/mol. The van der Waals surface area contributed by atoms with Gasteiger partial charge in [0.05, 0.1) is 6.04 Å². The molecule has 0 radical (unpaired) electrons. The molecule has 3 atom stereocenters. The van der Waals surface area contributed by atoms with Crippen molar-refractivity contribution in [2.45, 2.75) is 59.0 Å². The first-order chi connectivity index (χ1) is 18.7. The molecule has 1 aliphatic rings. The summed E-state index contributed by atoms with van der Waals surface area (Å²) in [5.74, 6) is -0.899. The van der Waals surface area contributed by atoms with Crippen molar-refractivity contribution < 1.29 is 19.1 Å². The smallest absolute Gasteiger partial charge is 0.407 e. The molecule has 0 aromatic heterocycles. The van der Waals surface area contributed by atoms with Gasteiger partial charge in [-0.2, -0.15) is 0 Å². The molecule has 0 saturated carbocycles. The Kier molecular flexibility index (Phi) is 8.85. The Hall–Kier alpha value is -3.93. The van der Waals surface area contributed by atoms with E-state index >= 15 is 0 Å². The average Bonchev–Trinajstić information content (AvgIpc) is 3.26. The Balaban J connectivity index is 1.43. The molecule has 6 heteroatoms. The first-order valence-corrected chi connectivity index (χ1v) is 13.7. The number of fused-ring (bicyclic) bond motifs is 3. The lowest BCUT2D eigenvalue weighted by atomic mass is 9.90. The summed E-state index contributed by atoms with van der Waals surface area (Å²) in [5, 5.41) is 5.68. The Bertz CT molecular complexity index is 1290. The average molecular weight is 527 g/mol. The van der Waals surface area contributed by atoms with Crippen molar-refractivity contribution in [3.63, 3.8) is 0 Å². The third-order valence-electron chi connectivity index (χ3n) is 7.70. The molecular formula is C33H38N2O4. The van der Waals surface area contributed by atoms with Crippen LogP contribution < -0.4 is 10.6 Å². The van der Waals surface area contributed by atoms with E-state index in [-0.39, 0.29) is 30.1 Å². The number of rotatable bonds is 10. The number of nitrogens with one attached hydrogen (secondary N) is 2. The summed E-state index contributed by atoms with van der Waals surface area (Å²) < 4.78 is 5.68. The van der Waals surface area contributed by atoms with Crippen LogP contribution >= 0.6 is 0 Å². The highest BCUT2D eigenvalue weighted by atomic mass is 16.5.